The van der Waals surface area contributed by atoms with Crippen molar-refractivity contribution < 1.29 is 0 Å². The summed E-state index contributed by atoms with van der Waals surface area (Å²) in [6, 6.07) is 77.4. The van der Waals surface area contributed by atoms with E-state index in [0.29, 0.717) is 5.92 Å². The molecule has 0 aliphatic heterocycles. The fourth-order valence-electron chi connectivity index (χ4n) is 10.5. The second kappa shape index (κ2) is 16.8. The van der Waals surface area contributed by atoms with Gasteiger partial charge in [-0.1, -0.05) is 189 Å². The highest BCUT2D eigenvalue weighted by molar-refractivity contribution is 7.26. The number of benzene rings is 9. The van der Waals surface area contributed by atoms with Crippen LogP contribution in [-0.4, -0.2) is 0 Å². The highest BCUT2D eigenvalue weighted by Gasteiger charge is 2.27. The summed E-state index contributed by atoms with van der Waals surface area (Å²) in [5.74, 6) is 0.704. The summed E-state index contributed by atoms with van der Waals surface area (Å²) in [4.78, 5) is 0. The fraction of sp³-hybridized carbons (Fsp3) is 0.129. The van der Waals surface area contributed by atoms with Gasteiger partial charge >= 0.3 is 0 Å². The summed E-state index contributed by atoms with van der Waals surface area (Å²) in [5.41, 5.74) is 21.5. The van der Waals surface area contributed by atoms with E-state index >= 15 is 0 Å². The molecule has 304 valence electrons. The lowest BCUT2D eigenvalue weighted by molar-refractivity contribution is 0.616. The van der Waals surface area contributed by atoms with Crippen molar-refractivity contribution in [2.45, 2.75) is 51.4 Å². The average Bonchev–Trinajstić information content (AvgIpc) is 3.73. The molecule has 9 aromatic carbocycles. The van der Waals surface area contributed by atoms with E-state index in [0.717, 1.165) is 25.7 Å². The fourth-order valence-corrected chi connectivity index (χ4v) is 11.7. The number of fused-ring (bicyclic) bond motifs is 6. The Balaban J connectivity index is 0.995. The first-order chi connectivity index (χ1) is 31.1. The zero-order chi connectivity index (χ0) is 42.3. The Morgan fingerprint density at radius 3 is 2.00 bits per heavy atom. The van der Waals surface area contributed by atoms with Crippen LogP contribution in [-0.2, 0) is 12.8 Å². The summed E-state index contributed by atoms with van der Waals surface area (Å²) in [5, 5.41) is 2.68. The van der Waals surface area contributed by atoms with Gasteiger partial charge in [-0.3, -0.25) is 0 Å². The smallest absolute Gasteiger partial charge is 0.0434 e. The van der Waals surface area contributed by atoms with E-state index in [-0.39, 0.29) is 5.92 Å². The van der Waals surface area contributed by atoms with Gasteiger partial charge in [0.2, 0.25) is 0 Å². The van der Waals surface area contributed by atoms with Gasteiger partial charge < -0.3 is 0 Å². The third-order valence-electron chi connectivity index (χ3n) is 13.7. The number of aryl methyl sites for hydroxylation is 2. The molecule has 0 bridgehead atoms. The first-order valence-electron chi connectivity index (χ1n) is 22.7. The van der Waals surface area contributed by atoms with Crippen LogP contribution in [0.3, 0.4) is 0 Å². The van der Waals surface area contributed by atoms with Crippen molar-refractivity contribution in [2.75, 3.05) is 0 Å². The Kier molecular flexibility index (Phi) is 10.4. The van der Waals surface area contributed by atoms with E-state index in [1.807, 2.05) is 11.3 Å². The molecule has 0 spiro atoms. The maximum atomic E-state index is 2.51. The highest BCUT2D eigenvalue weighted by atomic mass is 32.1. The van der Waals surface area contributed by atoms with Crippen molar-refractivity contribution >= 4 is 31.5 Å². The van der Waals surface area contributed by atoms with Crippen molar-refractivity contribution in [3.63, 3.8) is 0 Å². The van der Waals surface area contributed by atoms with E-state index in [1.54, 1.807) is 0 Å². The summed E-state index contributed by atoms with van der Waals surface area (Å²) in [6.45, 7) is 4.64. The van der Waals surface area contributed by atoms with Crippen LogP contribution in [0.5, 0.6) is 0 Å². The Hall–Kier alpha value is -6.80. The minimum Gasteiger partial charge on any atom is -0.135 e. The van der Waals surface area contributed by atoms with Gasteiger partial charge in [-0.05, 0) is 152 Å². The molecule has 0 amide bonds. The summed E-state index contributed by atoms with van der Waals surface area (Å²) >= 11 is 1.92. The van der Waals surface area contributed by atoms with Crippen molar-refractivity contribution in [1.82, 2.24) is 0 Å². The van der Waals surface area contributed by atoms with Gasteiger partial charge in [-0.2, -0.15) is 0 Å². The molecule has 63 heavy (non-hydrogen) atoms. The molecular weight excluding hydrogens is 777 g/mol. The largest absolute Gasteiger partial charge is 0.135 e. The SMILES string of the molecule is CCC(c1cc(-c2ccc(-c3ccccc3)cc2)c2sc3ccccc3c2c1)c1ccccc1-c1cc(-c2cccc3c2-c2ccccc2C(CCc2ccccc2)C3)ccc1C. The Labute approximate surface area is 376 Å². The van der Waals surface area contributed by atoms with E-state index in [2.05, 4.69) is 220 Å². The highest BCUT2D eigenvalue weighted by Crippen LogP contribution is 2.48. The molecule has 1 heteroatoms. The lowest BCUT2D eigenvalue weighted by Gasteiger charge is -2.30. The number of hydrogen-bond acceptors (Lipinski definition) is 1. The third kappa shape index (κ3) is 7.31. The monoisotopic (exact) mass is 826 g/mol. The van der Waals surface area contributed by atoms with Crippen molar-refractivity contribution in [2.24, 2.45) is 0 Å². The molecule has 0 fully saturated rings. The Morgan fingerprint density at radius 2 is 1.17 bits per heavy atom. The molecule has 1 aliphatic carbocycles. The average molecular weight is 827 g/mol. The molecule has 1 aliphatic rings. The quantitative estimate of drug-likeness (QED) is 0.129. The molecule has 0 radical (unpaired) electrons. The first-order valence-corrected chi connectivity index (χ1v) is 23.5. The molecular formula is C62H50S. The summed E-state index contributed by atoms with van der Waals surface area (Å²) in [7, 11) is 0. The molecule has 0 saturated heterocycles. The van der Waals surface area contributed by atoms with Gasteiger partial charge in [0.1, 0.15) is 0 Å². The Bertz CT molecular complexity index is 3240. The minimum atomic E-state index is 0.207. The topological polar surface area (TPSA) is 0 Å². The zero-order valence-corrected chi connectivity index (χ0v) is 36.8. The van der Waals surface area contributed by atoms with Gasteiger partial charge in [-0.15, -0.1) is 11.3 Å². The zero-order valence-electron chi connectivity index (χ0n) is 36.0. The van der Waals surface area contributed by atoms with Gasteiger partial charge in [0.15, 0.2) is 0 Å². The number of hydrogen-bond donors (Lipinski definition) is 0. The van der Waals surface area contributed by atoms with Gasteiger partial charge in [-0.25, -0.2) is 0 Å². The standard InChI is InChI=1S/C62H50S/c1-3-50(49-39-58(62-59(40-49)55-25-14-15-28-60(55)63-62)45-35-33-44(34-36-45)43-19-8-5-9-20-43)53-23-11-12-24-54(53)57-38-47(31-29-41(57)2)52-27-16-21-48-37-46(32-30-42-17-6-4-7-18-42)51-22-10-13-26-56(51)61(48)52/h4-29,31,33-36,38-40,46,50H,3,30,32,37H2,1-2H3. The molecule has 10 aromatic rings. The molecule has 1 heterocycles. The van der Waals surface area contributed by atoms with Gasteiger partial charge in [0.25, 0.3) is 0 Å². The molecule has 0 saturated carbocycles. The second-order valence-electron chi connectivity index (χ2n) is 17.4. The molecule has 2 atom stereocenters. The maximum Gasteiger partial charge on any atom is 0.0434 e. The van der Waals surface area contributed by atoms with Gasteiger partial charge in [0, 0.05) is 26.1 Å². The van der Waals surface area contributed by atoms with Crippen molar-refractivity contribution in [1.29, 1.82) is 0 Å². The van der Waals surface area contributed by atoms with Crippen LogP contribution in [0, 0.1) is 6.92 Å². The van der Waals surface area contributed by atoms with E-state index < -0.39 is 0 Å². The first kappa shape index (κ1) is 39.1. The third-order valence-corrected chi connectivity index (χ3v) is 14.9. The van der Waals surface area contributed by atoms with Crippen LogP contribution in [0.1, 0.15) is 65.0 Å². The van der Waals surface area contributed by atoms with Crippen LogP contribution in [0.25, 0.3) is 75.8 Å². The number of rotatable bonds is 10. The Morgan fingerprint density at radius 1 is 0.508 bits per heavy atom. The predicted molar refractivity (Wildman–Crippen MR) is 271 cm³/mol. The predicted octanol–water partition coefficient (Wildman–Crippen LogP) is 17.5. The molecule has 0 nitrogen and oxygen atoms in total. The van der Waals surface area contributed by atoms with Crippen LogP contribution >= 0.6 is 11.3 Å². The van der Waals surface area contributed by atoms with Crippen molar-refractivity contribution in [3.05, 3.63) is 240 Å². The summed E-state index contributed by atoms with van der Waals surface area (Å²) < 4.78 is 2.69. The van der Waals surface area contributed by atoms with Crippen LogP contribution in [0.15, 0.2) is 206 Å². The maximum absolute atomic E-state index is 2.51. The lowest BCUT2D eigenvalue weighted by atomic mass is 9.74. The van der Waals surface area contributed by atoms with E-state index in [4.69, 9.17) is 0 Å². The van der Waals surface area contributed by atoms with Crippen molar-refractivity contribution in [3.8, 4) is 55.6 Å². The second-order valence-corrected chi connectivity index (χ2v) is 18.5. The normalized spacial score (nSPS) is 13.8. The lowest BCUT2D eigenvalue weighted by Crippen LogP contribution is -2.13. The van der Waals surface area contributed by atoms with Crippen LogP contribution < -0.4 is 0 Å². The molecule has 2 unspecified atom stereocenters. The van der Waals surface area contributed by atoms with Crippen LogP contribution in [0.2, 0.25) is 0 Å². The minimum absolute atomic E-state index is 0.207. The van der Waals surface area contributed by atoms with E-state index in [9.17, 15) is 0 Å². The molecule has 0 N–H and O–H groups in total. The van der Waals surface area contributed by atoms with Crippen LogP contribution in [0.4, 0.5) is 0 Å². The van der Waals surface area contributed by atoms with E-state index in [1.165, 1.54) is 109 Å². The number of thiophene rings is 1. The molecule has 11 rings (SSSR count). The summed E-state index contributed by atoms with van der Waals surface area (Å²) in [6.07, 6.45) is 4.29. The van der Waals surface area contributed by atoms with Gasteiger partial charge in [0.05, 0.1) is 0 Å². The molecule has 1 aromatic heterocycles.